The topological polar surface area (TPSA) is 88.1 Å². The van der Waals surface area contributed by atoms with Crippen molar-refractivity contribution in [2.75, 3.05) is 34.8 Å². The summed E-state index contributed by atoms with van der Waals surface area (Å²) in [6.07, 6.45) is -3.15. The van der Waals surface area contributed by atoms with Crippen molar-refractivity contribution in [3.05, 3.63) is 52.4 Å². The second-order valence-corrected chi connectivity index (χ2v) is 10.6. The molecule has 0 saturated carbocycles. The van der Waals surface area contributed by atoms with Gasteiger partial charge in [-0.05, 0) is 37.1 Å². The van der Waals surface area contributed by atoms with E-state index < -0.39 is 27.6 Å². The fourth-order valence-corrected chi connectivity index (χ4v) is 5.41. The lowest BCUT2D eigenvalue weighted by molar-refractivity contribution is -0.138. The zero-order chi connectivity index (χ0) is 24.0. The smallest absolute Gasteiger partial charge is 0.367 e. The minimum Gasteiger partial charge on any atom is -0.367 e. The number of hydrogen-bond donors (Lipinski definition) is 1. The predicted octanol–water partition coefficient (Wildman–Crippen LogP) is 4.41. The first-order valence-corrected chi connectivity index (χ1v) is 12.4. The summed E-state index contributed by atoms with van der Waals surface area (Å²) in [4.78, 5) is 14.6. The third-order valence-corrected chi connectivity index (χ3v) is 7.63. The van der Waals surface area contributed by atoms with Gasteiger partial charge in [0.2, 0.25) is 0 Å². The summed E-state index contributed by atoms with van der Waals surface area (Å²) in [7, 11) is -3.07. The van der Waals surface area contributed by atoms with Crippen molar-refractivity contribution >= 4 is 44.0 Å². The van der Waals surface area contributed by atoms with E-state index in [9.17, 15) is 21.6 Å². The molecule has 4 rings (SSSR count). The van der Waals surface area contributed by atoms with Gasteiger partial charge in [-0.25, -0.2) is 23.4 Å². The number of hydrogen-bond acceptors (Lipinski definition) is 7. The molecule has 0 aliphatic carbocycles. The molecule has 0 radical (unpaired) electrons. The summed E-state index contributed by atoms with van der Waals surface area (Å²) >= 11 is 6.35. The van der Waals surface area contributed by atoms with Gasteiger partial charge in [-0.1, -0.05) is 23.7 Å². The van der Waals surface area contributed by atoms with Crippen LogP contribution in [0.5, 0.6) is 0 Å². The molecule has 3 heterocycles. The van der Waals surface area contributed by atoms with Crippen LogP contribution in [0.25, 0.3) is 11.0 Å². The van der Waals surface area contributed by atoms with Gasteiger partial charge in [-0.3, -0.25) is 0 Å². The van der Waals surface area contributed by atoms with E-state index in [1.165, 1.54) is 19.3 Å². The Hall–Kier alpha value is -2.66. The van der Waals surface area contributed by atoms with Crippen molar-refractivity contribution in [3.63, 3.8) is 0 Å². The normalized spacial score (nSPS) is 17.2. The van der Waals surface area contributed by atoms with Crippen molar-refractivity contribution in [2.45, 2.75) is 26.1 Å². The summed E-state index contributed by atoms with van der Waals surface area (Å²) in [6, 6.07) is 5.31. The molecule has 176 valence electrons. The molecule has 33 heavy (non-hydrogen) atoms. The molecular formula is C21H21ClF3N5O2S. The van der Waals surface area contributed by atoms with E-state index in [0.29, 0.717) is 28.1 Å². The molecular weight excluding hydrogens is 479 g/mol. The molecule has 1 atom stereocenters. The van der Waals surface area contributed by atoms with E-state index in [4.69, 9.17) is 11.6 Å². The van der Waals surface area contributed by atoms with Crippen LogP contribution in [0, 0.1) is 6.92 Å². The third-order valence-electron chi connectivity index (χ3n) is 5.75. The van der Waals surface area contributed by atoms with Crippen molar-refractivity contribution in [2.24, 2.45) is 0 Å². The van der Waals surface area contributed by atoms with Crippen LogP contribution in [-0.4, -0.2) is 48.0 Å². The number of aromatic nitrogens is 3. The average molecular weight is 500 g/mol. The molecule has 1 saturated heterocycles. The quantitative estimate of drug-likeness (QED) is 0.532. The van der Waals surface area contributed by atoms with Gasteiger partial charge in [0.05, 0.1) is 34.2 Å². The molecule has 3 aromatic rings. The maximum absolute atomic E-state index is 13.3. The molecule has 0 bridgehead atoms. The second-order valence-electron chi connectivity index (χ2n) is 7.91. The molecule has 1 fully saturated rings. The molecule has 0 unspecified atom stereocenters. The summed E-state index contributed by atoms with van der Waals surface area (Å²) in [5, 5.41) is 3.89. The number of nitrogens with zero attached hydrogens (tertiary/aromatic N) is 4. The zero-order valence-corrected chi connectivity index (χ0v) is 19.4. The van der Waals surface area contributed by atoms with Crippen LogP contribution in [0.4, 0.5) is 24.7 Å². The van der Waals surface area contributed by atoms with Crippen LogP contribution in [-0.2, 0) is 16.0 Å². The van der Waals surface area contributed by atoms with Crippen molar-refractivity contribution < 1.29 is 21.6 Å². The number of alkyl halides is 3. The highest BCUT2D eigenvalue weighted by Gasteiger charge is 2.33. The van der Waals surface area contributed by atoms with Crippen molar-refractivity contribution in [1.82, 2.24) is 15.0 Å². The molecule has 7 nitrogen and oxygen atoms in total. The van der Waals surface area contributed by atoms with Crippen LogP contribution >= 0.6 is 11.6 Å². The number of sulfone groups is 1. The highest BCUT2D eigenvalue weighted by molar-refractivity contribution is 7.91. The van der Waals surface area contributed by atoms with Gasteiger partial charge < -0.3 is 10.2 Å². The number of anilines is 2. The van der Waals surface area contributed by atoms with Crippen LogP contribution in [0.3, 0.4) is 0 Å². The maximum atomic E-state index is 13.3. The van der Waals surface area contributed by atoms with Crippen molar-refractivity contribution in [1.29, 1.82) is 0 Å². The Balaban J connectivity index is 1.69. The van der Waals surface area contributed by atoms with Gasteiger partial charge in [0.15, 0.2) is 20.6 Å². The highest BCUT2D eigenvalue weighted by Crippen LogP contribution is 2.36. The monoisotopic (exact) mass is 499 g/mol. The molecule has 1 N–H and O–H groups in total. The van der Waals surface area contributed by atoms with Crippen LogP contribution in [0.2, 0.25) is 5.15 Å². The highest BCUT2D eigenvalue weighted by atomic mass is 35.5. The predicted molar refractivity (Wildman–Crippen MR) is 121 cm³/mol. The largest absolute Gasteiger partial charge is 0.416 e. The molecule has 0 spiro atoms. The van der Waals surface area contributed by atoms with E-state index in [0.717, 1.165) is 6.07 Å². The van der Waals surface area contributed by atoms with E-state index in [1.54, 1.807) is 19.1 Å². The van der Waals surface area contributed by atoms with Crippen LogP contribution in [0.1, 0.15) is 29.7 Å². The molecule has 1 aliphatic heterocycles. The fourth-order valence-electron chi connectivity index (χ4n) is 3.96. The van der Waals surface area contributed by atoms with E-state index in [2.05, 4.69) is 20.3 Å². The minimum absolute atomic E-state index is 0.0175. The first kappa shape index (κ1) is 23.5. The Morgan fingerprint density at radius 3 is 2.55 bits per heavy atom. The van der Waals surface area contributed by atoms with Crippen LogP contribution in [0.15, 0.2) is 30.6 Å². The number of fused-ring (bicyclic) bond motifs is 1. The van der Waals surface area contributed by atoms with Crippen LogP contribution < -0.4 is 10.2 Å². The van der Waals surface area contributed by atoms with Crippen molar-refractivity contribution in [3.8, 4) is 0 Å². The Morgan fingerprint density at radius 2 is 1.88 bits per heavy atom. The standard InChI is InChI=1S/C21H21ClF3N5O2S/c1-12-14(4-3-5-16(12)21(23,24)25)13(2)28-19-15-10-17(18(22)29-20(15)27-11-26-19)30-6-8-33(31,32)9-7-30/h3-5,10-11,13H,6-9H2,1-2H3,(H,26,27,28,29)/t13-/m1/s1. The molecule has 0 amide bonds. The van der Waals surface area contributed by atoms with Gasteiger partial charge in [-0.2, -0.15) is 13.2 Å². The lowest BCUT2D eigenvalue weighted by Crippen LogP contribution is -2.40. The minimum atomic E-state index is -4.45. The number of nitrogens with one attached hydrogen (secondary N) is 1. The summed E-state index contributed by atoms with van der Waals surface area (Å²) in [5.74, 6) is 0.423. The fraction of sp³-hybridized carbons (Fsp3) is 0.381. The lowest BCUT2D eigenvalue weighted by Gasteiger charge is -2.29. The summed E-state index contributed by atoms with van der Waals surface area (Å²) < 4.78 is 63.5. The maximum Gasteiger partial charge on any atom is 0.416 e. The van der Waals surface area contributed by atoms with Gasteiger partial charge >= 0.3 is 6.18 Å². The number of rotatable bonds is 4. The Kier molecular flexibility index (Phi) is 6.12. The van der Waals surface area contributed by atoms with Gasteiger partial charge in [0, 0.05) is 13.1 Å². The van der Waals surface area contributed by atoms with E-state index in [1.807, 2.05) is 4.90 Å². The lowest BCUT2D eigenvalue weighted by atomic mass is 9.97. The SMILES string of the molecule is Cc1c([C@@H](C)Nc2ncnc3nc(Cl)c(N4CCS(=O)(=O)CC4)cc23)cccc1C(F)(F)F. The number of pyridine rings is 1. The van der Waals surface area contributed by atoms with Gasteiger partial charge in [0.1, 0.15) is 12.1 Å². The van der Waals surface area contributed by atoms with E-state index >= 15 is 0 Å². The van der Waals surface area contributed by atoms with Gasteiger partial charge in [0.25, 0.3) is 0 Å². The molecule has 12 heteroatoms. The second kappa shape index (κ2) is 8.60. The Morgan fingerprint density at radius 1 is 1.18 bits per heavy atom. The number of halogens is 4. The summed E-state index contributed by atoms with van der Waals surface area (Å²) in [5.41, 5.74) is 0.815. The first-order valence-electron chi connectivity index (χ1n) is 10.2. The molecule has 1 aliphatic rings. The Bertz CT molecular complexity index is 1300. The first-order chi connectivity index (χ1) is 15.5. The average Bonchev–Trinajstić information content (AvgIpc) is 2.73. The molecule has 2 aromatic heterocycles. The van der Waals surface area contributed by atoms with E-state index in [-0.39, 0.29) is 35.3 Å². The number of benzene rings is 1. The zero-order valence-electron chi connectivity index (χ0n) is 17.8. The summed E-state index contributed by atoms with van der Waals surface area (Å²) in [6.45, 7) is 3.76. The molecule has 1 aromatic carbocycles. The van der Waals surface area contributed by atoms with Gasteiger partial charge in [-0.15, -0.1) is 0 Å². The third kappa shape index (κ3) is 4.84. The Labute approximate surface area is 193 Å².